The highest BCUT2D eigenvalue weighted by molar-refractivity contribution is 6.30. The van der Waals surface area contributed by atoms with Gasteiger partial charge < -0.3 is 15.4 Å². The average molecular weight is 329 g/mol. The summed E-state index contributed by atoms with van der Waals surface area (Å²) in [4.78, 5) is 0. The Morgan fingerprint density at radius 1 is 1.09 bits per heavy atom. The molecule has 0 saturated carbocycles. The van der Waals surface area contributed by atoms with Crippen molar-refractivity contribution in [2.45, 2.75) is 20.3 Å². The minimum atomic E-state index is 0.432. The van der Waals surface area contributed by atoms with E-state index in [2.05, 4.69) is 30.7 Å². The van der Waals surface area contributed by atoms with Gasteiger partial charge in [0.05, 0.1) is 0 Å². The minimum Gasteiger partial charge on any atom is -0.441 e. The number of aryl methyl sites for hydroxylation is 1. The first-order valence-electron chi connectivity index (χ1n) is 7.42. The second-order valence-corrected chi connectivity index (χ2v) is 5.66. The van der Waals surface area contributed by atoms with Crippen LogP contribution in [0.15, 0.2) is 67.2 Å². The Morgan fingerprint density at radius 3 is 2.48 bits per heavy atom. The lowest BCUT2D eigenvalue weighted by Gasteiger charge is -2.14. The summed E-state index contributed by atoms with van der Waals surface area (Å²) in [5.74, 6) is 1.12. The summed E-state index contributed by atoms with van der Waals surface area (Å²) in [6.07, 6.45) is 0.877. The summed E-state index contributed by atoms with van der Waals surface area (Å²) < 4.78 is 5.74. The molecular weight excluding hydrogens is 308 g/mol. The fourth-order valence-corrected chi connectivity index (χ4v) is 2.13. The molecule has 0 spiro atoms. The number of benzene rings is 2. The van der Waals surface area contributed by atoms with Crippen molar-refractivity contribution in [3.63, 3.8) is 0 Å². The van der Waals surface area contributed by atoms with Crippen molar-refractivity contribution >= 4 is 23.0 Å². The van der Waals surface area contributed by atoms with Gasteiger partial charge in [-0.1, -0.05) is 37.2 Å². The van der Waals surface area contributed by atoms with E-state index in [9.17, 15) is 0 Å². The normalized spacial score (nSPS) is 10.0. The van der Waals surface area contributed by atoms with Gasteiger partial charge in [-0.2, -0.15) is 0 Å². The quantitative estimate of drug-likeness (QED) is 0.616. The Balaban J connectivity index is 2.04. The molecule has 23 heavy (non-hydrogen) atoms. The van der Waals surface area contributed by atoms with Crippen molar-refractivity contribution in [3.8, 4) is 5.75 Å². The molecule has 2 rings (SSSR count). The van der Waals surface area contributed by atoms with Crippen LogP contribution in [0.25, 0.3) is 0 Å². The number of hydrogen-bond donors (Lipinski definition) is 2. The van der Waals surface area contributed by atoms with Gasteiger partial charge in [0.25, 0.3) is 0 Å². The van der Waals surface area contributed by atoms with Crippen LogP contribution in [-0.4, -0.2) is 0 Å². The van der Waals surface area contributed by atoms with E-state index in [1.165, 1.54) is 0 Å². The molecule has 0 bridgehead atoms. The van der Waals surface area contributed by atoms with E-state index in [0.29, 0.717) is 16.7 Å². The maximum absolute atomic E-state index is 6.00. The van der Waals surface area contributed by atoms with Crippen LogP contribution in [0.4, 0.5) is 11.4 Å². The molecule has 0 aliphatic heterocycles. The molecule has 0 aliphatic rings. The average Bonchev–Trinajstić information content (AvgIpc) is 2.51. The van der Waals surface area contributed by atoms with E-state index in [-0.39, 0.29) is 0 Å². The highest BCUT2D eigenvalue weighted by Crippen LogP contribution is 2.25. The lowest BCUT2D eigenvalue weighted by molar-refractivity contribution is 0.432. The number of anilines is 2. The standard InChI is InChI=1S/C19H21ClN2O/c1-5-14(3)21-17-7-6-8-18(12-17)22-15(4)23-19-11-16(20)10-9-13(19)2/h6-12,21-22H,3-5H2,1-2H3. The predicted molar refractivity (Wildman–Crippen MR) is 99.1 cm³/mol. The summed E-state index contributed by atoms with van der Waals surface area (Å²) in [6, 6.07) is 13.4. The fraction of sp³-hybridized carbons (Fsp3) is 0.158. The number of halogens is 1. The molecule has 2 N–H and O–H groups in total. The van der Waals surface area contributed by atoms with Gasteiger partial charge in [0, 0.05) is 22.1 Å². The molecule has 0 unspecified atom stereocenters. The van der Waals surface area contributed by atoms with Gasteiger partial charge in [-0.3, -0.25) is 0 Å². The maximum Gasteiger partial charge on any atom is 0.190 e. The Labute approximate surface area is 142 Å². The van der Waals surface area contributed by atoms with E-state index in [4.69, 9.17) is 16.3 Å². The van der Waals surface area contributed by atoms with Gasteiger partial charge in [-0.05, 0) is 55.8 Å². The van der Waals surface area contributed by atoms with Crippen LogP contribution in [0.3, 0.4) is 0 Å². The Morgan fingerprint density at radius 2 is 1.78 bits per heavy atom. The molecule has 0 amide bonds. The monoisotopic (exact) mass is 328 g/mol. The SMILES string of the molecule is C=C(CC)Nc1cccc(NC(=C)Oc2cc(Cl)ccc2C)c1. The summed E-state index contributed by atoms with van der Waals surface area (Å²) in [5, 5.41) is 7.02. The van der Waals surface area contributed by atoms with Crippen molar-refractivity contribution in [3.05, 3.63) is 77.8 Å². The zero-order valence-corrected chi connectivity index (χ0v) is 14.2. The van der Waals surface area contributed by atoms with Gasteiger partial charge >= 0.3 is 0 Å². The van der Waals surface area contributed by atoms with Crippen LogP contribution in [0.5, 0.6) is 5.75 Å². The summed E-state index contributed by atoms with van der Waals surface area (Å²) in [5.41, 5.74) is 3.80. The molecule has 0 aliphatic carbocycles. The highest BCUT2D eigenvalue weighted by atomic mass is 35.5. The first kappa shape index (κ1) is 17.0. The van der Waals surface area contributed by atoms with Crippen LogP contribution in [0, 0.1) is 6.92 Å². The summed E-state index contributed by atoms with van der Waals surface area (Å²) in [6.45, 7) is 11.9. The number of hydrogen-bond acceptors (Lipinski definition) is 3. The second-order valence-electron chi connectivity index (χ2n) is 5.22. The molecule has 0 fully saturated rings. The second kappa shape index (κ2) is 7.75. The van der Waals surface area contributed by atoms with Crippen molar-refractivity contribution < 1.29 is 4.74 Å². The fourth-order valence-electron chi connectivity index (χ4n) is 1.97. The van der Waals surface area contributed by atoms with E-state index in [1.54, 1.807) is 6.07 Å². The smallest absolute Gasteiger partial charge is 0.190 e. The third-order valence-electron chi connectivity index (χ3n) is 3.28. The van der Waals surface area contributed by atoms with E-state index in [1.807, 2.05) is 43.3 Å². The highest BCUT2D eigenvalue weighted by Gasteiger charge is 2.04. The lowest BCUT2D eigenvalue weighted by Crippen LogP contribution is -2.06. The van der Waals surface area contributed by atoms with Crippen LogP contribution in [0.1, 0.15) is 18.9 Å². The van der Waals surface area contributed by atoms with Gasteiger partial charge in [-0.15, -0.1) is 0 Å². The number of allylic oxidation sites excluding steroid dienone is 1. The molecule has 0 aromatic heterocycles. The molecule has 2 aromatic rings. The molecule has 4 heteroatoms. The first-order chi connectivity index (χ1) is 11.0. The van der Waals surface area contributed by atoms with Gasteiger partial charge in [0.2, 0.25) is 0 Å². The predicted octanol–water partition coefficient (Wildman–Crippen LogP) is 5.95. The zero-order valence-electron chi connectivity index (χ0n) is 13.4. The van der Waals surface area contributed by atoms with Crippen molar-refractivity contribution in [1.82, 2.24) is 0 Å². The summed E-state index contributed by atoms with van der Waals surface area (Å²) >= 11 is 6.00. The molecule has 2 aromatic carbocycles. The Bertz CT molecular complexity index is 725. The molecule has 0 atom stereocenters. The summed E-state index contributed by atoms with van der Waals surface area (Å²) in [7, 11) is 0. The lowest BCUT2D eigenvalue weighted by atomic mass is 10.2. The van der Waals surface area contributed by atoms with Crippen LogP contribution in [-0.2, 0) is 0 Å². The van der Waals surface area contributed by atoms with Crippen molar-refractivity contribution in [2.24, 2.45) is 0 Å². The van der Waals surface area contributed by atoms with E-state index < -0.39 is 0 Å². The number of rotatable bonds is 7. The largest absolute Gasteiger partial charge is 0.441 e. The molecule has 0 radical (unpaired) electrons. The van der Waals surface area contributed by atoms with Crippen LogP contribution in [0.2, 0.25) is 5.02 Å². The topological polar surface area (TPSA) is 33.3 Å². The van der Waals surface area contributed by atoms with Crippen molar-refractivity contribution in [1.29, 1.82) is 0 Å². The van der Waals surface area contributed by atoms with Crippen LogP contribution < -0.4 is 15.4 Å². The molecule has 120 valence electrons. The minimum absolute atomic E-state index is 0.432. The maximum atomic E-state index is 6.00. The molecule has 0 saturated heterocycles. The van der Waals surface area contributed by atoms with Gasteiger partial charge in [-0.25, -0.2) is 0 Å². The van der Waals surface area contributed by atoms with Gasteiger partial charge in [0.15, 0.2) is 5.88 Å². The van der Waals surface area contributed by atoms with Crippen LogP contribution >= 0.6 is 11.6 Å². The van der Waals surface area contributed by atoms with E-state index >= 15 is 0 Å². The third kappa shape index (κ3) is 5.08. The van der Waals surface area contributed by atoms with E-state index in [0.717, 1.165) is 29.1 Å². The molecule has 0 heterocycles. The zero-order chi connectivity index (χ0) is 16.8. The number of nitrogens with one attached hydrogen (secondary N) is 2. The third-order valence-corrected chi connectivity index (χ3v) is 3.51. The Kier molecular flexibility index (Phi) is 5.72. The molecular formula is C19H21ClN2O. The first-order valence-corrected chi connectivity index (χ1v) is 7.80. The van der Waals surface area contributed by atoms with Gasteiger partial charge in [0.1, 0.15) is 5.75 Å². The number of ether oxygens (including phenoxy) is 1. The molecule has 3 nitrogen and oxygen atoms in total. The Hall–Kier alpha value is -2.39. The van der Waals surface area contributed by atoms with Crippen molar-refractivity contribution in [2.75, 3.05) is 10.6 Å².